The Kier molecular flexibility index (Phi) is 7.36. The van der Waals surface area contributed by atoms with Gasteiger partial charge in [-0.15, -0.1) is 0 Å². The monoisotopic (exact) mass is 382 g/mol. The van der Waals surface area contributed by atoms with Crippen molar-refractivity contribution in [2.24, 2.45) is 0 Å². The smallest absolute Gasteiger partial charge is 0.314 e. The molecule has 0 unspecified atom stereocenters. The lowest BCUT2D eigenvalue weighted by Gasteiger charge is -2.48. The Morgan fingerprint density at radius 1 is 0.926 bits per heavy atom. The number of rotatable bonds is 6. The lowest BCUT2D eigenvalue weighted by atomic mass is 9.80. The molecule has 0 bridgehead atoms. The molecule has 27 heavy (non-hydrogen) atoms. The third kappa shape index (κ3) is 5.56. The molecule has 0 radical (unpaired) electrons. The molecule has 3 fully saturated rings. The molecule has 0 aromatic rings. The molecular weight excluding hydrogens is 344 g/mol. The van der Waals surface area contributed by atoms with E-state index in [1.165, 1.54) is 32.1 Å². The van der Waals surface area contributed by atoms with E-state index in [4.69, 9.17) is 9.47 Å². The summed E-state index contributed by atoms with van der Waals surface area (Å²) in [7, 11) is 0. The van der Waals surface area contributed by atoms with Crippen LogP contribution in [0.2, 0.25) is 0 Å². The third-order valence-corrected chi connectivity index (χ3v) is 6.59. The van der Waals surface area contributed by atoms with Gasteiger partial charge in [0.15, 0.2) is 0 Å². The first-order valence-electron chi connectivity index (χ1n) is 10.7. The quantitative estimate of drug-likeness (QED) is 0.728. The number of hydrogen-bond donors (Lipinski definition) is 2. The maximum Gasteiger partial charge on any atom is 0.314 e. The largest absolute Gasteiger partial charge is 0.379 e. The fraction of sp³-hybridized carbons (Fsp3) is 0.950. The van der Waals surface area contributed by atoms with E-state index < -0.39 is 0 Å². The molecule has 0 spiro atoms. The van der Waals surface area contributed by atoms with Crippen LogP contribution in [0.15, 0.2) is 0 Å². The van der Waals surface area contributed by atoms with Crippen LogP contribution in [-0.4, -0.2) is 92.6 Å². The SMILES string of the molecule is CC(C)(CNC(=O)NCC1(N2CCOCC2)CCCCC1)N1CCOCC1. The van der Waals surface area contributed by atoms with Gasteiger partial charge in [-0.05, 0) is 26.7 Å². The number of urea groups is 1. The number of carbonyl (C=O) groups excluding carboxylic acids is 1. The number of amides is 2. The van der Waals surface area contributed by atoms with Gasteiger partial charge >= 0.3 is 6.03 Å². The van der Waals surface area contributed by atoms with Crippen molar-refractivity contribution in [2.45, 2.75) is 57.0 Å². The Morgan fingerprint density at radius 2 is 1.52 bits per heavy atom. The van der Waals surface area contributed by atoms with E-state index in [1.807, 2.05) is 0 Å². The molecule has 0 aromatic carbocycles. The summed E-state index contributed by atoms with van der Waals surface area (Å²) in [6, 6.07) is -0.0467. The van der Waals surface area contributed by atoms with Crippen molar-refractivity contribution in [1.82, 2.24) is 20.4 Å². The van der Waals surface area contributed by atoms with E-state index >= 15 is 0 Å². The van der Waals surface area contributed by atoms with Gasteiger partial charge in [-0.25, -0.2) is 4.79 Å². The summed E-state index contributed by atoms with van der Waals surface area (Å²) >= 11 is 0. The minimum atomic E-state index is -0.0617. The maximum atomic E-state index is 12.5. The van der Waals surface area contributed by atoms with Gasteiger partial charge in [0.1, 0.15) is 0 Å². The van der Waals surface area contributed by atoms with Gasteiger partial charge in [-0.3, -0.25) is 9.80 Å². The number of nitrogens with one attached hydrogen (secondary N) is 2. The van der Waals surface area contributed by atoms with Crippen LogP contribution in [0.3, 0.4) is 0 Å². The molecule has 2 heterocycles. The van der Waals surface area contributed by atoms with Gasteiger partial charge in [0.2, 0.25) is 0 Å². The van der Waals surface area contributed by atoms with Crippen LogP contribution in [-0.2, 0) is 9.47 Å². The van der Waals surface area contributed by atoms with Crippen LogP contribution < -0.4 is 10.6 Å². The van der Waals surface area contributed by atoms with Crippen molar-refractivity contribution >= 4 is 6.03 Å². The van der Waals surface area contributed by atoms with Crippen LogP contribution in [0.1, 0.15) is 46.0 Å². The predicted octanol–water partition coefficient (Wildman–Crippen LogP) is 1.43. The Hall–Kier alpha value is -0.890. The first-order valence-corrected chi connectivity index (χ1v) is 10.7. The lowest BCUT2D eigenvalue weighted by Crippen LogP contribution is -2.61. The fourth-order valence-electron chi connectivity index (χ4n) is 4.74. The second kappa shape index (κ2) is 9.54. The molecule has 7 nitrogen and oxygen atoms in total. The number of morpholine rings is 2. The van der Waals surface area contributed by atoms with Crippen molar-refractivity contribution in [1.29, 1.82) is 0 Å². The van der Waals surface area contributed by atoms with Gasteiger partial charge in [0, 0.05) is 50.3 Å². The molecule has 3 aliphatic rings. The van der Waals surface area contributed by atoms with Crippen LogP contribution in [0.4, 0.5) is 4.79 Å². The number of ether oxygens (including phenoxy) is 2. The van der Waals surface area contributed by atoms with Gasteiger partial charge in [-0.2, -0.15) is 0 Å². The Morgan fingerprint density at radius 3 is 2.15 bits per heavy atom. The average molecular weight is 383 g/mol. The van der Waals surface area contributed by atoms with E-state index in [0.29, 0.717) is 6.54 Å². The zero-order valence-corrected chi connectivity index (χ0v) is 17.2. The van der Waals surface area contributed by atoms with Crippen molar-refractivity contribution in [3.8, 4) is 0 Å². The molecule has 2 saturated heterocycles. The fourth-order valence-corrected chi connectivity index (χ4v) is 4.74. The van der Waals surface area contributed by atoms with Gasteiger partial charge in [-0.1, -0.05) is 19.3 Å². The summed E-state index contributed by atoms with van der Waals surface area (Å²) < 4.78 is 11.0. The third-order valence-electron chi connectivity index (χ3n) is 6.59. The zero-order valence-electron chi connectivity index (χ0n) is 17.2. The minimum absolute atomic E-state index is 0.0467. The molecular formula is C20H38N4O3. The van der Waals surface area contributed by atoms with E-state index in [1.54, 1.807) is 0 Å². The molecule has 0 atom stereocenters. The van der Waals surface area contributed by atoms with Crippen molar-refractivity contribution in [3.63, 3.8) is 0 Å². The maximum absolute atomic E-state index is 12.5. The topological polar surface area (TPSA) is 66.1 Å². The van der Waals surface area contributed by atoms with E-state index in [0.717, 1.165) is 59.2 Å². The normalized spacial score (nSPS) is 25.1. The van der Waals surface area contributed by atoms with E-state index in [9.17, 15) is 4.79 Å². The molecule has 2 amide bonds. The highest BCUT2D eigenvalue weighted by Crippen LogP contribution is 2.33. The highest BCUT2D eigenvalue weighted by atomic mass is 16.5. The molecule has 1 saturated carbocycles. The minimum Gasteiger partial charge on any atom is -0.379 e. The van der Waals surface area contributed by atoms with E-state index in [2.05, 4.69) is 34.3 Å². The standard InChI is InChI=1S/C20H38N4O3/c1-19(2,23-8-12-26-13-9-23)16-21-18(25)22-17-20(6-4-3-5-7-20)24-10-14-27-15-11-24/h3-17H2,1-2H3,(H2,21,22,25). The highest BCUT2D eigenvalue weighted by molar-refractivity contribution is 5.74. The average Bonchev–Trinajstić information content (AvgIpc) is 2.73. The summed E-state index contributed by atoms with van der Waals surface area (Å²) in [5, 5.41) is 6.29. The molecule has 3 rings (SSSR count). The lowest BCUT2D eigenvalue weighted by molar-refractivity contribution is -0.0358. The van der Waals surface area contributed by atoms with Gasteiger partial charge < -0.3 is 20.1 Å². The predicted molar refractivity (Wildman–Crippen MR) is 106 cm³/mol. The number of nitrogens with zero attached hydrogens (tertiary/aromatic N) is 2. The zero-order chi connectivity index (χ0) is 19.2. The summed E-state index contributed by atoms with van der Waals surface area (Å²) in [5.74, 6) is 0. The second-order valence-electron chi connectivity index (χ2n) is 8.83. The van der Waals surface area contributed by atoms with Crippen LogP contribution in [0, 0.1) is 0 Å². The van der Waals surface area contributed by atoms with Crippen LogP contribution in [0.25, 0.3) is 0 Å². The first kappa shape index (κ1) is 20.8. The molecule has 2 aliphatic heterocycles. The van der Waals surface area contributed by atoms with Crippen molar-refractivity contribution in [2.75, 3.05) is 65.7 Å². The first-order chi connectivity index (χ1) is 13.0. The number of carbonyl (C=O) groups is 1. The summed E-state index contributed by atoms with van der Waals surface area (Å²) in [4.78, 5) is 17.5. The van der Waals surface area contributed by atoms with Crippen molar-refractivity contribution < 1.29 is 14.3 Å². The Balaban J connectivity index is 1.48. The Bertz CT molecular complexity index is 468. The molecule has 7 heteroatoms. The van der Waals surface area contributed by atoms with Gasteiger partial charge in [0.05, 0.1) is 26.4 Å². The summed E-state index contributed by atoms with van der Waals surface area (Å²) in [5.41, 5.74) is 0.0486. The molecule has 0 aromatic heterocycles. The summed E-state index contributed by atoms with van der Waals surface area (Å²) in [6.45, 7) is 12.7. The van der Waals surface area contributed by atoms with Crippen LogP contribution >= 0.6 is 0 Å². The second-order valence-corrected chi connectivity index (χ2v) is 8.83. The van der Waals surface area contributed by atoms with Crippen molar-refractivity contribution in [3.05, 3.63) is 0 Å². The molecule has 1 aliphatic carbocycles. The van der Waals surface area contributed by atoms with Crippen LogP contribution in [0.5, 0.6) is 0 Å². The molecule has 156 valence electrons. The Labute approximate surface area is 164 Å². The van der Waals surface area contributed by atoms with E-state index in [-0.39, 0.29) is 17.1 Å². The summed E-state index contributed by atoms with van der Waals surface area (Å²) in [6.07, 6.45) is 6.17. The van der Waals surface area contributed by atoms with Gasteiger partial charge in [0.25, 0.3) is 0 Å². The highest BCUT2D eigenvalue weighted by Gasteiger charge is 2.39. The number of hydrogen-bond acceptors (Lipinski definition) is 5. The molecule has 2 N–H and O–H groups in total.